The highest BCUT2D eigenvalue weighted by Crippen LogP contribution is 2.40. The van der Waals surface area contributed by atoms with Crippen LogP contribution in [0.15, 0.2) is 30.3 Å². The maximum atomic E-state index is 12.3. The number of rotatable bonds is 4. The van der Waals surface area contributed by atoms with Crippen LogP contribution >= 0.6 is 0 Å². The lowest BCUT2D eigenvalue weighted by molar-refractivity contribution is -0.145. The summed E-state index contributed by atoms with van der Waals surface area (Å²) in [5.41, 5.74) is 4.94. The minimum Gasteiger partial charge on any atom is -0.467 e. The van der Waals surface area contributed by atoms with Crippen molar-refractivity contribution in [2.24, 2.45) is 11.7 Å². The van der Waals surface area contributed by atoms with Gasteiger partial charge in [-0.2, -0.15) is 0 Å². The molecule has 1 aromatic carbocycles. The summed E-state index contributed by atoms with van der Waals surface area (Å²) in [5.74, 6) is -1.09. The molecule has 0 spiro atoms. The number of nitrogens with two attached hydrogens (primary N) is 1. The highest BCUT2D eigenvalue weighted by molar-refractivity contribution is 6.16. The van der Waals surface area contributed by atoms with Crippen molar-refractivity contribution < 1.29 is 14.3 Å². The van der Waals surface area contributed by atoms with E-state index in [1.165, 1.54) is 7.11 Å². The maximum absolute atomic E-state index is 12.3. The lowest BCUT2D eigenvalue weighted by Gasteiger charge is -2.24. The average Bonchev–Trinajstić information content (AvgIpc) is 3.21. The molecule has 0 bridgehead atoms. The van der Waals surface area contributed by atoms with Crippen LogP contribution in [0.4, 0.5) is 0 Å². The Morgan fingerprint density at radius 3 is 2.35 bits per heavy atom. The fourth-order valence-electron chi connectivity index (χ4n) is 1.98. The molecule has 0 radical (unpaired) electrons. The second kappa shape index (κ2) is 4.30. The van der Waals surface area contributed by atoms with Gasteiger partial charge in [0.15, 0.2) is 11.3 Å². The number of methoxy groups -OCH3 is 1. The third-order valence-electron chi connectivity index (χ3n) is 3.16. The van der Waals surface area contributed by atoms with E-state index in [2.05, 4.69) is 4.74 Å². The first kappa shape index (κ1) is 11.8. The van der Waals surface area contributed by atoms with E-state index in [4.69, 9.17) is 5.73 Å². The van der Waals surface area contributed by atoms with E-state index in [-0.39, 0.29) is 11.7 Å². The summed E-state index contributed by atoms with van der Waals surface area (Å²) in [6.07, 6.45) is 1.59. The van der Waals surface area contributed by atoms with E-state index >= 15 is 0 Å². The fourth-order valence-corrected chi connectivity index (χ4v) is 1.98. The molecule has 0 heterocycles. The summed E-state index contributed by atoms with van der Waals surface area (Å²) >= 11 is 0. The van der Waals surface area contributed by atoms with Crippen molar-refractivity contribution in [3.63, 3.8) is 0 Å². The zero-order valence-electron chi connectivity index (χ0n) is 9.68. The van der Waals surface area contributed by atoms with Gasteiger partial charge in [-0.1, -0.05) is 30.3 Å². The molecule has 1 fully saturated rings. The Bertz CT molecular complexity index is 439. The zero-order valence-corrected chi connectivity index (χ0v) is 9.68. The van der Waals surface area contributed by atoms with Crippen LogP contribution in [-0.2, 0) is 9.53 Å². The van der Waals surface area contributed by atoms with Crippen LogP contribution in [0.3, 0.4) is 0 Å². The molecule has 0 aromatic heterocycles. The highest BCUT2D eigenvalue weighted by Gasteiger charge is 2.54. The van der Waals surface area contributed by atoms with Crippen molar-refractivity contribution in [3.05, 3.63) is 35.9 Å². The van der Waals surface area contributed by atoms with Crippen LogP contribution < -0.4 is 5.73 Å². The monoisotopic (exact) mass is 233 g/mol. The number of hydrogen-bond acceptors (Lipinski definition) is 4. The van der Waals surface area contributed by atoms with E-state index in [1.54, 1.807) is 24.3 Å². The molecule has 2 N–H and O–H groups in total. The van der Waals surface area contributed by atoms with Gasteiger partial charge in [0.2, 0.25) is 0 Å². The second-order valence-corrected chi connectivity index (χ2v) is 4.33. The van der Waals surface area contributed by atoms with Crippen molar-refractivity contribution in [1.82, 2.24) is 0 Å². The molecule has 0 aliphatic heterocycles. The summed E-state index contributed by atoms with van der Waals surface area (Å²) < 4.78 is 4.67. The largest absolute Gasteiger partial charge is 0.467 e. The minimum absolute atomic E-state index is 0.0948. The molecule has 4 heteroatoms. The van der Waals surface area contributed by atoms with Crippen LogP contribution in [0.1, 0.15) is 23.2 Å². The smallest absolute Gasteiger partial charge is 0.334 e. The van der Waals surface area contributed by atoms with Crippen LogP contribution in [0.5, 0.6) is 0 Å². The number of Topliss-reactive ketones (excluding diaryl/α,β-unsaturated/α-hetero) is 1. The third-order valence-corrected chi connectivity index (χ3v) is 3.16. The number of ether oxygens (including phenoxy) is 1. The van der Waals surface area contributed by atoms with Crippen LogP contribution in [0.2, 0.25) is 0 Å². The molecule has 1 aromatic rings. The third kappa shape index (κ3) is 1.96. The van der Waals surface area contributed by atoms with Crippen molar-refractivity contribution in [3.8, 4) is 0 Å². The molecular formula is C13H15NO3. The van der Waals surface area contributed by atoms with Crippen molar-refractivity contribution in [2.75, 3.05) is 7.11 Å². The first-order chi connectivity index (χ1) is 8.10. The molecular weight excluding hydrogens is 218 g/mol. The van der Waals surface area contributed by atoms with Gasteiger partial charge in [-0.25, -0.2) is 4.79 Å². The summed E-state index contributed by atoms with van der Waals surface area (Å²) in [6, 6.07) is 8.63. The van der Waals surface area contributed by atoms with Gasteiger partial charge in [-0.05, 0) is 18.8 Å². The molecule has 17 heavy (non-hydrogen) atoms. The van der Waals surface area contributed by atoms with Gasteiger partial charge in [-0.15, -0.1) is 0 Å². The summed E-state index contributed by atoms with van der Waals surface area (Å²) in [7, 11) is 1.25. The van der Waals surface area contributed by atoms with Gasteiger partial charge in [-0.3, -0.25) is 4.79 Å². The van der Waals surface area contributed by atoms with Crippen molar-refractivity contribution >= 4 is 11.8 Å². The maximum Gasteiger partial charge on any atom is 0.334 e. The Morgan fingerprint density at radius 1 is 1.29 bits per heavy atom. The topological polar surface area (TPSA) is 69.4 Å². The van der Waals surface area contributed by atoms with Crippen molar-refractivity contribution in [1.29, 1.82) is 0 Å². The van der Waals surface area contributed by atoms with Crippen LogP contribution in [0, 0.1) is 5.92 Å². The Balaban J connectivity index is 2.35. The summed E-state index contributed by atoms with van der Waals surface area (Å²) in [4.78, 5) is 24.1. The number of esters is 1. The molecule has 1 aliphatic carbocycles. The molecule has 2 rings (SSSR count). The van der Waals surface area contributed by atoms with E-state index < -0.39 is 11.5 Å². The van der Waals surface area contributed by atoms with Gasteiger partial charge in [0.05, 0.1) is 7.11 Å². The number of carbonyl (C=O) groups is 2. The lowest BCUT2D eigenvalue weighted by Crippen LogP contribution is -2.57. The van der Waals surface area contributed by atoms with Crippen molar-refractivity contribution in [2.45, 2.75) is 18.4 Å². The summed E-state index contributed by atoms with van der Waals surface area (Å²) in [6.45, 7) is 0. The first-order valence-electron chi connectivity index (χ1n) is 5.58. The Morgan fingerprint density at radius 2 is 1.88 bits per heavy atom. The van der Waals surface area contributed by atoms with E-state index in [1.807, 2.05) is 6.07 Å². The molecule has 1 aliphatic rings. The number of benzene rings is 1. The molecule has 1 saturated carbocycles. The molecule has 4 nitrogen and oxygen atoms in total. The zero-order chi connectivity index (χ0) is 12.5. The normalized spacial score (nSPS) is 18.2. The van der Waals surface area contributed by atoms with E-state index in [0.717, 1.165) is 12.8 Å². The average molecular weight is 233 g/mol. The van der Waals surface area contributed by atoms with E-state index in [9.17, 15) is 9.59 Å². The number of hydrogen-bond donors (Lipinski definition) is 1. The lowest BCUT2D eigenvalue weighted by atomic mass is 9.85. The van der Waals surface area contributed by atoms with Gasteiger partial charge in [0.25, 0.3) is 0 Å². The molecule has 0 saturated heterocycles. The summed E-state index contributed by atoms with van der Waals surface area (Å²) in [5, 5.41) is 0. The van der Waals surface area contributed by atoms with Gasteiger partial charge in [0.1, 0.15) is 0 Å². The highest BCUT2D eigenvalue weighted by atomic mass is 16.5. The van der Waals surface area contributed by atoms with Crippen LogP contribution in [0.25, 0.3) is 0 Å². The Labute approximate surface area is 99.8 Å². The van der Waals surface area contributed by atoms with Crippen LogP contribution in [-0.4, -0.2) is 24.4 Å². The van der Waals surface area contributed by atoms with Gasteiger partial charge < -0.3 is 10.5 Å². The second-order valence-electron chi connectivity index (χ2n) is 4.33. The number of carbonyl (C=O) groups excluding carboxylic acids is 2. The SMILES string of the molecule is COC(=O)[C@@](N)(C(=O)c1ccccc1)C1CC1. The number of ketones is 1. The molecule has 0 unspecified atom stereocenters. The van der Waals surface area contributed by atoms with E-state index in [0.29, 0.717) is 5.56 Å². The minimum atomic E-state index is -1.52. The quantitative estimate of drug-likeness (QED) is 0.481. The Hall–Kier alpha value is -1.68. The fraction of sp³-hybridized carbons (Fsp3) is 0.385. The van der Waals surface area contributed by atoms with Gasteiger partial charge in [0, 0.05) is 5.56 Å². The molecule has 1 atom stereocenters. The standard InChI is InChI=1S/C13H15NO3/c1-17-12(16)13(14,10-7-8-10)11(15)9-5-3-2-4-6-9/h2-6,10H,7-8,14H2,1H3/t13-/m0/s1. The first-order valence-corrected chi connectivity index (χ1v) is 5.58. The Kier molecular flexibility index (Phi) is 2.98. The predicted molar refractivity (Wildman–Crippen MR) is 62.4 cm³/mol. The van der Waals surface area contributed by atoms with Gasteiger partial charge >= 0.3 is 5.97 Å². The predicted octanol–water partition coefficient (Wildman–Crippen LogP) is 1.15. The molecule has 0 amide bonds. The molecule has 90 valence electrons.